The van der Waals surface area contributed by atoms with Gasteiger partial charge in [-0.2, -0.15) is 13.2 Å². The smallest absolute Gasteiger partial charge is 0.327 e. The highest BCUT2D eigenvalue weighted by Crippen LogP contribution is 2.34. The molecular formula is C11H13F3N2S. The zero-order valence-electron chi connectivity index (χ0n) is 9.07. The van der Waals surface area contributed by atoms with Gasteiger partial charge >= 0.3 is 6.18 Å². The lowest BCUT2D eigenvalue weighted by molar-refractivity contribution is -0.137. The third-order valence-electron chi connectivity index (χ3n) is 2.71. The number of pyridine rings is 1. The number of nitrogens with zero attached hydrogens (tertiary/aromatic N) is 1. The summed E-state index contributed by atoms with van der Waals surface area (Å²) < 4.78 is 36.8. The van der Waals surface area contributed by atoms with Crippen LogP contribution in [0.3, 0.4) is 0 Å². The Hall–Kier alpha value is -0.750. The van der Waals surface area contributed by atoms with Crippen LogP contribution >= 0.6 is 11.8 Å². The number of hydrogen-bond acceptors (Lipinski definition) is 3. The quantitative estimate of drug-likeness (QED) is 0.848. The van der Waals surface area contributed by atoms with Gasteiger partial charge < -0.3 is 5.73 Å². The second-order valence-corrected chi connectivity index (χ2v) is 5.24. The summed E-state index contributed by atoms with van der Waals surface area (Å²) in [7, 11) is 0. The Morgan fingerprint density at radius 2 is 2.12 bits per heavy atom. The molecule has 0 aromatic carbocycles. The molecule has 0 amide bonds. The first-order valence-electron chi connectivity index (χ1n) is 5.38. The Kier molecular flexibility index (Phi) is 3.63. The Morgan fingerprint density at radius 1 is 1.41 bits per heavy atom. The number of hydrogen-bond donors (Lipinski definition) is 1. The molecular weight excluding hydrogens is 249 g/mol. The average Bonchev–Trinajstić information content (AvgIpc) is 3.09. The van der Waals surface area contributed by atoms with Gasteiger partial charge in [-0.15, -0.1) is 11.8 Å². The molecule has 1 fully saturated rings. The lowest BCUT2D eigenvalue weighted by Crippen LogP contribution is -2.25. The topological polar surface area (TPSA) is 38.9 Å². The Morgan fingerprint density at radius 3 is 2.59 bits per heavy atom. The molecule has 1 unspecified atom stereocenters. The van der Waals surface area contributed by atoms with Gasteiger partial charge in [0.05, 0.1) is 10.6 Å². The molecule has 1 aliphatic rings. The fourth-order valence-electron chi connectivity index (χ4n) is 1.48. The molecule has 1 aromatic rings. The van der Waals surface area contributed by atoms with Crippen LogP contribution in [-0.2, 0) is 6.18 Å². The predicted octanol–water partition coefficient (Wildman–Crippen LogP) is 2.93. The van der Waals surface area contributed by atoms with Gasteiger partial charge in [0.15, 0.2) is 0 Å². The maximum atomic E-state index is 12.3. The number of rotatable bonds is 4. The normalized spacial score (nSPS) is 18.1. The maximum absolute atomic E-state index is 12.3. The molecule has 6 heteroatoms. The van der Waals surface area contributed by atoms with E-state index in [0.29, 0.717) is 16.7 Å². The van der Waals surface area contributed by atoms with Gasteiger partial charge in [-0.25, -0.2) is 4.98 Å². The van der Waals surface area contributed by atoms with E-state index in [4.69, 9.17) is 5.73 Å². The molecule has 1 heterocycles. The van der Waals surface area contributed by atoms with Crippen LogP contribution in [0, 0.1) is 5.92 Å². The van der Waals surface area contributed by atoms with E-state index in [2.05, 4.69) is 4.98 Å². The lowest BCUT2D eigenvalue weighted by Gasteiger charge is -2.10. The van der Waals surface area contributed by atoms with E-state index in [1.807, 2.05) is 0 Å². The molecule has 1 aromatic heterocycles. The highest BCUT2D eigenvalue weighted by atomic mass is 32.2. The summed E-state index contributed by atoms with van der Waals surface area (Å²) in [6, 6.07) is 2.58. The molecule has 0 aliphatic heterocycles. The van der Waals surface area contributed by atoms with Crippen molar-refractivity contribution in [1.29, 1.82) is 0 Å². The first kappa shape index (κ1) is 12.7. The average molecular weight is 262 g/mol. The fraction of sp³-hybridized carbons (Fsp3) is 0.545. The van der Waals surface area contributed by atoms with Crippen molar-refractivity contribution in [2.75, 3.05) is 5.75 Å². The zero-order valence-corrected chi connectivity index (χ0v) is 9.89. The van der Waals surface area contributed by atoms with Crippen LogP contribution in [0.5, 0.6) is 0 Å². The molecule has 0 spiro atoms. The van der Waals surface area contributed by atoms with Crippen LogP contribution in [0.2, 0.25) is 0 Å². The second-order valence-electron chi connectivity index (χ2n) is 4.20. The van der Waals surface area contributed by atoms with E-state index in [1.165, 1.54) is 30.7 Å². The van der Waals surface area contributed by atoms with Gasteiger partial charge in [0.1, 0.15) is 0 Å². The van der Waals surface area contributed by atoms with Crippen LogP contribution in [0.4, 0.5) is 13.2 Å². The van der Waals surface area contributed by atoms with Gasteiger partial charge in [0, 0.05) is 18.0 Å². The van der Waals surface area contributed by atoms with Gasteiger partial charge in [0.2, 0.25) is 0 Å². The third kappa shape index (κ3) is 3.61. The molecule has 0 radical (unpaired) electrons. The molecule has 1 aliphatic carbocycles. The zero-order chi connectivity index (χ0) is 12.5. The van der Waals surface area contributed by atoms with E-state index in [-0.39, 0.29) is 6.04 Å². The Labute approximate surface area is 102 Å². The summed E-state index contributed by atoms with van der Waals surface area (Å²) in [6.45, 7) is 0. The van der Waals surface area contributed by atoms with Crippen molar-refractivity contribution in [3.63, 3.8) is 0 Å². The molecule has 0 bridgehead atoms. The molecule has 2 rings (SSSR count). The standard InChI is InChI=1S/C11H13F3N2S/c12-11(13,14)8-3-4-10(16-5-8)17-6-9(15)7-1-2-7/h3-5,7,9H,1-2,6,15H2. The third-order valence-corrected chi connectivity index (χ3v) is 3.80. The highest BCUT2D eigenvalue weighted by Gasteiger charge is 2.31. The van der Waals surface area contributed by atoms with Crippen LogP contribution in [0.1, 0.15) is 18.4 Å². The van der Waals surface area contributed by atoms with Gasteiger partial charge in [0.25, 0.3) is 0 Å². The SMILES string of the molecule is NC(CSc1ccc(C(F)(F)F)cn1)C1CC1. The molecule has 0 saturated heterocycles. The van der Waals surface area contributed by atoms with Gasteiger partial charge in [-0.05, 0) is 30.9 Å². The molecule has 2 nitrogen and oxygen atoms in total. The van der Waals surface area contributed by atoms with Crippen molar-refractivity contribution in [2.45, 2.75) is 30.1 Å². The highest BCUT2D eigenvalue weighted by molar-refractivity contribution is 7.99. The predicted molar refractivity (Wildman–Crippen MR) is 60.7 cm³/mol. The van der Waals surface area contributed by atoms with Crippen molar-refractivity contribution < 1.29 is 13.2 Å². The van der Waals surface area contributed by atoms with Crippen LogP contribution in [0.25, 0.3) is 0 Å². The first-order chi connectivity index (χ1) is 7.97. The first-order valence-corrected chi connectivity index (χ1v) is 6.37. The van der Waals surface area contributed by atoms with Crippen molar-refractivity contribution in [3.05, 3.63) is 23.9 Å². The number of nitrogens with two attached hydrogens (primary N) is 1. The second kappa shape index (κ2) is 4.86. The van der Waals surface area contributed by atoms with E-state index < -0.39 is 11.7 Å². The van der Waals surface area contributed by atoms with Gasteiger partial charge in [-0.3, -0.25) is 0 Å². The monoisotopic (exact) mass is 262 g/mol. The largest absolute Gasteiger partial charge is 0.417 e. The minimum Gasteiger partial charge on any atom is -0.327 e. The van der Waals surface area contributed by atoms with E-state index in [1.54, 1.807) is 0 Å². The Balaban J connectivity index is 1.89. The number of aromatic nitrogens is 1. The molecule has 17 heavy (non-hydrogen) atoms. The van der Waals surface area contributed by atoms with Crippen molar-refractivity contribution in [3.8, 4) is 0 Å². The van der Waals surface area contributed by atoms with E-state index >= 15 is 0 Å². The van der Waals surface area contributed by atoms with Crippen LogP contribution in [-0.4, -0.2) is 16.8 Å². The minimum absolute atomic E-state index is 0.129. The van der Waals surface area contributed by atoms with Crippen molar-refractivity contribution in [2.24, 2.45) is 11.7 Å². The number of halogens is 3. The van der Waals surface area contributed by atoms with E-state index in [0.717, 1.165) is 12.3 Å². The maximum Gasteiger partial charge on any atom is 0.417 e. The van der Waals surface area contributed by atoms with Crippen molar-refractivity contribution in [1.82, 2.24) is 4.98 Å². The summed E-state index contributed by atoms with van der Waals surface area (Å²) in [4.78, 5) is 3.78. The number of thioether (sulfide) groups is 1. The van der Waals surface area contributed by atoms with Crippen molar-refractivity contribution >= 4 is 11.8 Å². The molecule has 2 N–H and O–H groups in total. The molecule has 1 atom stereocenters. The van der Waals surface area contributed by atoms with Gasteiger partial charge in [-0.1, -0.05) is 0 Å². The Bertz CT molecular complexity index is 373. The summed E-state index contributed by atoms with van der Waals surface area (Å²) in [5.41, 5.74) is 5.18. The fourth-order valence-corrected chi connectivity index (χ4v) is 2.40. The minimum atomic E-state index is -4.32. The lowest BCUT2D eigenvalue weighted by atomic mass is 10.2. The summed E-state index contributed by atoms with van der Waals surface area (Å²) in [5, 5.41) is 0.592. The van der Waals surface area contributed by atoms with Crippen LogP contribution in [0.15, 0.2) is 23.4 Å². The summed E-state index contributed by atoms with van der Waals surface area (Å²) >= 11 is 1.41. The molecule has 94 valence electrons. The summed E-state index contributed by atoms with van der Waals surface area (Å²) in [6.07, 6.45) is -1.12. The molecule has 1 saturated carbocycles. The summed E-state index contributed by atoms with van der Waals surface area (Å²) in [5.74, 6) is 1.31. The van der Waals surface area contributed by atoms with Crippen LogP contribution < -0.4 is 5.73 Å². The number of alkyl halides is 3. The van der Waals surface area contributed by atoms with E-state index in [9.17, 15) is 13.2 Å².